The summed E-state index contributed by atoms with van der Waals surface area (Å²) in [5.41, 5.74) is 1.21. The molecule has 0 saturated heterocycles. The lowest BCUT2D eigenvalue weighted by molar-refractivity contribution is -0.384. The Morgan fingerprint density at radius 3 is 2.40 bits per heavy atom. The molecule has 0 aliphatic heterocycles. The van der Waals surface area contributed by atoms with Gasteiger partial charge in [-0.3, -0.25) is 20.2 Å². The number of benzene rings is 2. The molecule has 2 aromatic rings. The molecule has 2 N–H and O–H groups in total. The number of thiocarbonyl (C=S) groups is 1. The van der Waals surface area contributed by atoms with Crippen LogP contribution in [0.4, 0.5) is 11.4 Å². The van der Waals surface area contributed by atoms with E-state index in [2.05, 4.69) is 10.6 Å². The van der Waals surface area contributed by atoms with E-state index in [-0.39, 0.29) is 10.8 Å². The number of hydrogen-bond acceptors (Lipinski definition) is 4. The van der Waals surface area contributed by atoms with Gasteiger partial charge in [-0.05, 0) is 54.2 Å². The quantitative estimate of drug-likeness (QED) is 0.346. The second kappa shape index (κ2) is 8.57. The molecule has 0 atom stereocenters. The molecular weight excluding hydrogens is 385 g/mol. The van der Waals surface area contributed by atoms with Crippen molar-refractivity contribution in [1.82, 2.24) is 5.32 Å². The molecule has 0 radical (unpaired) electrons. The van der Waals surface area contributed by atoms with E-state index in [0.29, 0.717) is 21.3 Å². The van der Waals surface area contributed by atoms with Crippen LogP contribution in [0.1, 0.15) is 5.56 Å². The number of nitro benzene ring substituents is 1. The van der Waals surface area contributed by atoms with Crippen molar-refractivity contribution in [3.05, 3.63) is 74.3 Å². The van der Waals surface area contributed by atoms with Crippen LogP contribution in [-0.4, -0.2) is 15.9 Å². The summed E-state index contributed by atoms with van der Waals surface area (Å²) in [4.78, 5) is 21.9. The summed E-state index contributed by atoms with van der Waals surface area (Å²) < 4.78 is 0. The molecule has 0 fully saturated rings. The lowest BCUT2D eigenvalue weighted by atomic mass is 10.2. The van der Waals surface area contributed by atoms with Crippen LogP contribution in [0.5, 0.6) is 0 Å². The smallest absolute Gasteiger partial charge is 0.269 e. The van der Waals surface area contributed by atoms with Gasteiger partial charge in [0.2, 0.25) is 5.91 Å². The predicted molar refractivity (Wildman–Crippen MR) is 103 cm³/mol. The van der Waals surface area contributed by atoms with E-state index < -0.39 is 10.8 Å². The molecule has 9 heteroatoms. The third-order valence-corrected chi connectivity index (χ3v) is 3.89. The topological polar surface area (TPSA) is 84.3 Å². The second-order valence-corrected chi connectivity index (χ2v) is 5.98. The maximum Gasteiger partial charge on any atom is 0.269 e. The van der Waals surface area contributed by atoms with E-state index in [1.807, 2.05) is 0 Å². The molecule has 0 aliphatic carbocycles. The Bertz CT molecular complexity index is 854. The number of rotatable bonds is 4. The van der Waals surface area contributed by atoms with Crippen molar-refractivity contribution in [2.75, 3.05) is 5.32 Å². The number of anilines is 1. The molecule has 0 unspecified atom stereocenters. The Kier molecular flexibility index (Phi) is 6.46. The van der Waals surface area contributed by atoms with Crippen LogP contribution in [0.3, 0.4) is 0 Å². The Labute approximate surface area is 158 Å². The number of carbonyl (C=O) groups is 1. The van der Waals surface area contributed by atoms with Gasteiger partial charge in [-0.2, -0.15) is 0 Å². The lowest BCUT2D eigenvalue weighted by Gasteiger charge is -2.08. The van der Waals surface area contributed by atoms with Crippen molar-refractivity contribution in [2.24, 2.45) is 0 Å². The van der Waals surface area contributed by atoms with Gasteiger partial charge in [0.25, 0.3) is 5.69 Å². The molecule has 0 saturated carbocycles. The Balaban J connectivity index is 1.91. The van der Waals surface area contributed by atoms with Gasteiger partial charge in [-0.25, -0.2) is 0 Å². The van der Waals surface area contributed by atoms with Crippen molar-refractivity contribution >= 4 is 63.9 Å². The van der Waals surface area contributed by atoms with Gasteiger partial charge in [-0.1, -0.05) is 23.2 Å². The Morgan fingerprint density at radius 2 is 1.80 bits per heavy atom. The largest absolute Gasteiger partial charge is 0.332 e. The van der Waals surface area contributed by atoms with E-state index in [9.17, 15) is 14.9 Å². The molecule has 1 amide bonds. The van der Waals surface area contributed by atoms with Crippen molar-refractivity contribution in [3.8, 4) is 0 Å². The molecule has 6 nitrogen and oxygen atoms in total. The van der Waals surface area contributed by atoms with Crippen LogP contribution >= 0.6 is 35.4 Å². The number of nitro groups is 1. The Morgan fingerprint density at radius 1 is 1.12 bits per heavy atom. The highest BCUT2D eigenvalue weighted by atomic mass is 35.5. The zero-order valence-electron chi connectivity index (χ0n) is 12.5. The van der Waals surface area contributed by atoms with Gasteiger partial charge >= 0.3 is 0 Å². The molecule has 2 aromatic carbocycles. The summed E-state index contributed by atoms with van der Waals surface area (Å²) in [7, 11) is 0. The fourth-order valence-electron chi connectivity index (χ4n) is 1.77. The third kappa shape index (κ3) is 5.82. The average Bonchev–Trinajstić information content (AvgIpc) is 2.56. The number of hydrogen-bond donors (Lipinski definition) is 2. The minimum absolute atomic E-state index is 0.0198. The van der Waals surface area contributed by atoms with Crippen LogP contribution in [-0.2, 0) is 4.79 Å². The van der Waals surface area contributed by atoms with E-state index in [1.165, 1.54) is 36.4 Å². The summed E-state index contributed by atoms with van der Waals surface area (Å²) in [5, 5.41) is 16.7. The first kappa shape index (κ1) is 18.9. The monoisotopic (exact) mass is 395 g/mol. The highest BCUT2D eigenvalue weighted by Crippen LogP contribution is 2.24. The van der Waals surface area contributed by atoms with Crippen molar-refractivity contribution < 1.29 is 9.72 Å². The van der Waals surface area contributed by atoms with Crippen LogP contribution < -0.4 is 10.6 Å². The number of nitrogens with zero attached hydrogens (tertiary/aromatic N) is 1. The van der Waals surface area contributed by atoms with Crippen molar-refractivity contribution in [3.63, 3.8) is 0 Å². The summed E-state index contributed by atoms with van der Waals surface area (Å²) in [5.74, 6) is -0.448. The number of nitrogens with one attached hydrogen (secondary N) is 2. The maximum absolute atomic E-state index is 11.8. The zero-order valence-corrected chi connectivity index (χ0v) is 14.9. The van der Waals surface area contributed by atoms with Gasteiger partial charge in [0.15, 0.2) is 5.11 Å². The molecule has 25 heavy (non-hydrogen) atoms. The van der Waals surface area contributed by atoms with E-state index in [4.69, 9.17) is 35.4 Å². The molecule has 0 spiro atoms. The first-order chi connectivity index (χ1) is 11.8. The van der Waals surface area contributed by atoms with Gasteiger partial charge < -0.3 is 5.32 Å². The number of amides is 1. The maximum atomic E-state index is 11.8. The van der Waals surface area contributed by atoms with Crippen LogP contribution in [0.2, 0.25) is 10.0 Å². The van der Waals surface area contributed by atoms with Crippen molar-refractivity contribution in [2.45, 2.75) is 0 Å². The van der Waals surface area contributed by atoms with Crippen LogP contribution in [0.25, 0.3) is 6.08 Å². The van der Waals surface area contributed by atoms with Gasteiger partial charge in [-0.15, -0.1) is 0 Å². The fourth-order valence-corrected chi connectivity index (χ4v) is 2.29. The van der Waals surface area contributed by atoms with E-state index in [1.54, 1.807) is 18.2 Å². The standard InChI is InChI=1S/C16H11Cl2N3O3S/c17-13-7-4-11(9-14(13)18)19-16(25)20-15(22)8-3-10-1-5-12(6-2-10)21(23)24/h1-9H,(H2,19,20,22,25)/b8-3+. The SMILES string of the molecule is O=C(/C=C/c1ccc([N+](=O)[O-])cc1)NC(=S)Nc1ccc(Cl)c(Cl)c1. The van der Waals surface area contributed by atoms with Gasteiger partial charge in [0.05, 0.1) is 15.0 Å². The number of carbonyl (C=O) groups excluding carboxylic acids is 1. The molecule has 0 aliphatic rings. The molecule has 2 rings (SSSR count). The highest BCUT2D eigenvalue weighted by molar-refractivity contribution is 7.80. The summed E-state index contributed by atoms with van der Waals surface area (Å²) in [6.07, 6.45) is 2.78. The van der Waals surface area contributed by atoms with E-state index >= 15 is 0 Å². The summed E-state index contributed by atoms with van der Waals surface area (Å²) >= 11 is 16.8. The van der Waals surface area contributed by atoms with Gasteiger partial charge in [0, 0.05) is 23.9 Å². The Hall–Kier alpha value is -2.48. The van der Waals surface area contributed by atoms with E-state index in [0.717, 1.165) is 0 Å². The minimum Gasteiger partial charge on any atom is -0.332 e. The molecular formula is C16H11Cl2N3O3S. The summed E-state index contributed by atoms with van der Waals surface area (Å²) in [6.45, 7) is 0. The average molecular weight is 396 g/mol. The number of non-ortho nitro benzene ring substituents is 1. The third-order valence-electron chi connectivity index (χ3n) is 2.95. The first-order valence-electron chi connectivity index (χ1n) is 6.85. The van der Waals surface area contributed by atoms with Gasteiger partial charge in [0.1, 0.15) is 0 Å². The second-order valence-electron chi connectivity index (χ2n) is 4.75. The highest BCUT2D eigenvalue weighted by Gasteiger charge is 2.05. The van der Waals surface area contributed by atoms with Crippen molar-refractivity contribution in [1.29, 1.82) is 0 Å². The lowest BCUT2D eigenvalue weighted by Crippen LogP contribution is -2.32. The van der Waals surface area contributed by atoms with Crippen LogP contribution in [0, 0.1) is 10.1 Å². The first-order valence-corrected chi connectivity index (χ1v) is 8.01. The summed E-state index contributed by atoms with van der Waals surface area (Å²) in [6, 6.07) is 10.6. The molecule has 0 aromatic heterocycles. The van der Waals surface area contributed by atoms with Crippen LogP contribution in [0.15, 0.2) is 48.5 Å². The molecule has 128 valence electrons. The molecule has 0 heterocycles. The zero-order chi connectivity index (χ0) is 18.4. The predicted octanol–water partition coefficient (Wildman–Crippen LogP) is 4.43. The normalized spacial score (nSPS) is 10.5. The molecule has 0 bridgehead atoms. The number of halogens is 2. The fraction of sp³-hybridized carbons (Fsp3) is 0. The minimum atomic E-state index is -0.493.